The van der Waals surface area contributed by atoms with Crippen LogP contribution in [0.25, 0.3) is 11.0 Å². The van der Waals surface area contributed by atoms with Gasteiger partial charge in [-0.15, -0.1) is 24.0 Å². The van der Waals surface area contributed by atoms with Crippen LogP contribution in [-0.4, -0.2) is 75.2 Å². The van der Waals surface area contributed by atoms with Gasteiger partial charge in [0.05, 0.1) is 19.2 Å². The highest BCUT2D eigenvalue weighted by Crippen LogP contribution is 2.31. The third-order valence-corrected chi connectivity index (χ3v) is 5.39. The van der Waals surface area contributed by atoms with Gasteiger partial charge in [0.25, 0.3) is 0 Å². The number of ether oxygens (including phenoxy) is 1. The molecule has 1 aromatic heterocycles. The van der Waals surface area contributed by atoms with E-state index in [1.165, 1.54) is 0 Å². The molecule has 0 bridgehead atoms. The molecule has 30 heavy (non-hydrogen) atoms. The van der Waals surface area contributed by atoms with Crippen molar-refractivity contribution in [3.63, 3.8) is 0 Å². The molecule has 1 aliphatic heterocycles. The lowest BCUT2D eigenvalue weighted by molar-refractivity contribution is 0.119. The summed E-state index contributed by atoms with van der Waals surface area (Å²) in [5, 5.41) is 7.89. The number of para-hydroxylation sites is 1. The maximum atomic E-state index is 6.13. The summed E-state index contributed by atoms with van der Waals surface area (Å²) in [7, 11) is 4.36. The highest BCUT2D eigenvalue weighted by atomic mass is 127. The van der Waals surface area contributed by atoms with E-state index in [9.17, 15) is 0 Å². The first kappa shape index (κ1) is 24.7. The van der Waals surface area contributed by atoms with Gasteiger partial charge in [0.15, 0.2) is 17.3 Å². The fraction of sp³-hybridized carbons (Fsp3) is 0.591. The molecule has 1 aliphatic rings. The second-order valence-electron chi connectivity index (χ2n) is 7.74. The largest absolute Gasteiger partial charge is 0.490 e. The Morgan fingerprint density at radius 3 is 2.83 bits per heavy atom. The first-order valence-electron chi connectivity index (χ1n) is 10.6. The summed E-state index contributed by atoms with van der Waals surface area (Å²) in [6, 6.07) is 8.48. The number of hydrogen-bond acceptors (Lipinski definition) is 5. The van der Waals surface area contributed by atoms with Gasteiger partial charge in [-0.2, -0.15) is 0 Å². The van der Waals surface area contributed by atoms with E-state index >= 15 is 0 Å². The van der Waals surface area contributed by atoms with Crippen molar-refractivity contribution in [1.29, 1.82) is 0 Å². The Bertz CT molecular complexity index is 825. The highest BCUT2D eigenvalue weighted by Gasteiger charge is 2.22. The molecule has 7 nitrogen and oxygen atoms in total. The van der Waals surface area contributed by atoms with Crippen LogP contribution in [0.3, 0.4) is 0 Å². The van der Waals surface area contributed by atoms with Gasteiger partial charge in [0, 0.05) is 37.6 Å². The van der Waals surface area contributed by atoms with Gasteiger partial charge in [-0.05, 0) is 47.0 Å². The van der Waals surface area contributed by atoms with Crippen molar-refractivity contribution in [2.45, 2.75) is 32.9 Å². The molecule has 0 spiro atoms. The maximum absolute atomic E-state index is 6.13. The Balaban J connectivity index is 0.00000320. The summed E-state index contributed by atoms with van der Waals surface area (Å²) < 4.78 is 11.8. The Kier molecular flexibility index (Phi) is 9.70. The van der Waals surface area contributed by atoms with Gasteiger partial charge in [-0.25, -0.2) is 0 Å². The minimum atomic E-state index is -0.0126. The van der Waals surface area contributed by atoms with Crippen molar-refractivity contribution in [3.05, 3.63) is 30.0 Å². The zero-order valence-electron chi connectivity index (χ0n) is 18.8. The molecule has 1 aromatic carbocycles. The number of piperazine rings is 1. The average Bonchev–Trinajstić information content (AvgIpc) is 3.14. The Labute approximate surface area is 197 Å². The third kappa shape index (κ3) is 6.24. The molecule has 1 fully saturated rings. The second kappa shape index (κ2) is 11.8. The number of likely N-dealkylation sites (N-methyl/N-ethyl adjacent to an activating group) is 2. The Morgan fingerprint density at radius 1 is 1.30 bits per heavy atom. The maximum Gasteiger partial charge on any atom is 0.191 e. The summed E-state index contributed by atoms with van der Waals surface area (Å²) in [4.78, 5) is 9.61. The molecule has 8 heteroatoms. The smallest absolute Gasteiger partial charge is 0.191 e. The number of nitrogens with zero attached hydrogens (tertiary/aromatic N) is 3. The molecule has 1 saturated heterocycles. The lowest BCUT2D eigenvalue weighted by Gasteiger charge is -2.37. The lowest BCUT2D eigenvalue weighted by atomic mass is 10.2. The SMILES string of the molecule is CCNC(=NCC1CN(C)CCN1C)NC(C)c1cc2cccc(OCC)c2o1.I. The van der Waals surface area contributed by atoms with Crippen LogP contribution in [0, 0.1) is 0 Å². The molecule has 2 aromatic rings. The summed E-state index contributed by atoms with van der Waals surface area (Å²) in [6.45, 7) is 11.6. The predicted octanol–water partition coefficient (Wildman–Crippen LogP) is 3.31. The Hall–Kier alpha value is -1.52. The van der Waals surface area contributed by atoms with Gasteiger partial charge in [0.2, 0.25) is 0 Å². The van der Waals surface area contributed by atoms with Gasteiger partial charge in [-0.1, -0.05) is 12.1 Å². The molecule has 2 heterocycles. The van der Waals surface area contributed by atoms with Crippen molar-refractivity contribution >= 4 is 40.9 Å². The summed E-state index contributed by atoms with van der Waals surface area (Å²) in [5.41, 5.74) is 0.798. The normalized spacial score (nSPS) is 19.4. The van der Waals surface area contributed by atoms with Crippen LogP contribution in [0.4, 0.5) is 0 Å². The minimum absolute atomic E-state index is 0. The average molecular weight is 529 g/mol. The lowest BCUT2D eigenvalue weighted by Crippen LogP contribution is -2.51. The fourth-order valence-corrected chi connectivity index (χ4v) is 3.63. The zero-order chi connectivity index (χ0) is 20.8. The quantitative estimate of drug-likeness (QED) is 0.326. The molecule has 2 atom stereocenters. The number of halogens is 1. The van der Waals surface area contributed by atoms with E-state index in [1.807, 2.05) is 25.1 Å². The Morgan fingerprint density at radius 2 is 2.10 bits per heavy atom. The number of rotatable bonds is 7. The van der Waals surface area contributed by atoms with E-state index in [0.717, 1.165) is 61.2 Å². The van der Waals surface area contributed by atoms with Crippen molar-refractivity contribution in [3.8, 4) is 5.75 Å². The minimum Gasteiger partial charge on any atom is -0.490 e. The standard InChI is InChI=1S/C22H35N5O2.HI/c1-6-23-22(24-14-18-15-26(4)11-12-27(18)5)25-16(3)20-13-17-9-8-10-19(28-7-2)21(17)29-20;/h8-10,13,16,18H,6-7,11-12,14-15H2,1-5H3,(H2,23,24,25);1H. The van der Waals surface area contributed by atoms with Crippen molar-refractivity contribution < 1.29 is 9.15 Å². The monoisotopic (exact) mass is 529 g/mol. The first-order chi connectivity index (χ1) is 14.0. The van der Waals surface area contributed by atoms with Crippen molar-refractivity contribution in [1.82, 2.24) is 20.4 Å². The first-order valence-corrected chi connectivity index (χ1v) is 10.6. The molecule has 0 radical (unpaired) electrons. The number of benzene rings is 1. The van der Waals surface area contributed by atoms with Gasteiger partial charge in [-0.3, -0.25) is 9.89 Å². The fourth-order valence-electron chi connectivity index (χ4n) is 3.63. The number of fused-ring (bicyclic) bond motifs is 1. The highest BCUT2D eigenvalue weighted by molar-refractivity contribution is 14.0. The predicted molar refractivity (Wildman–Crippen MR) is 134 cm³/mol. The molecular weight excluding hydrogens is 493 g/mol. The van der Waals surface area contributed by atoms with E-state index in [2.05, 4.69) is 54.4 Å². The molecule has 168 valence electrons. The van der Waals surface area contributed by atoms with Crippen molar-refractivity contribution in [2.75, 3.05) is 53.4 Å². The van der Waals surface area contributed by atoms with Crippen LogP contribution in [-0.2, 0) is 0 Å². The number of guanidine groups is 1. The molecule has 2 unspecified atom stereocenters. The van der Waals surface area contributed by atoms with Crippen LogP contribution < -0.4 is 15.4 Å². The van der Waals surface area contributed by atoms with Crippen LogP contribution in [0.1, 0.15) is 32.6 Å². The van der Waals surface area contributed by atoms with Gasteiger partial charge in [0.1, 0.15) is 5.76 Å². The van der Waals surface area contributed by atoms with Gasteiger partial charge >= 0.3 is 0 Å². The molecule has 0 aliphatic carbocycles. The van der Waals surface area contributed by atoms with Crippen LogP contribution in [0.15, 0.2) is 33.7 Å². The van der Waals surface area contributed by atoms with Crippen LogP contribution in [0.2, 0.25) is 0 Å². The van der Waals surface area contributed by atoms with E-state index in [0.29, 0.717) is 12.6 Å². The summed E-state index contributed by atoms with van der Waals surface area (Å²) in [5.74, 6) is 2.47. The molecule has 3 rings (SSSR count). The molecule has 0 amide bonds. The van der Waals surface area contributed by atoms with E-state index in [-0.39, 0.29) is 30.0 Å². The zero-order valence-corrected chi connectivity index (χ0v) is 21.1. The summed E-state index contributed by atoms with van der Waals surface area (Å²) in [6.07, 6.45) is 0. The van der Waals surface area contributed by atoms with E-state index in [4.69, 9.17) is 14.1 Å². The van der Waals surface area contributed by atoms with E-state index in [1.54, 1.807) is 0 Å². The van der Waals surface area contributed by atoms with Crippen LogP contribution >= 0.6 is 24.0 Å². The number of hydrogen-bond donors (Lipinski definition) is 2. The van der Waals surface area contributed by atoms with Crippen LogP contribution in [0.5, 0.6) is 5.75 Å². The molecule has 0 saturated carbocycles. The van der Waals surface area contributed by atoms with Gasteiger partial charge < -0.3 is 24.7 Å². The number of aliphatic imine (C=N–C) groups is 1. The molecular formula is C22H36IN5O2. The second-order valence-corrected chi connectivity index (χ2v) is 7.74. The summed E-state index contributed by atoms with van der Waals surface area (Å²) >= 11 is 0. The third-order valence-electron chi connectivity index (χ3n) is 5.39. The van der Waals surface area contributed by atoms with E-state index < -0.39 is 0 Å². The van der Waals surface area contributed by atoms with Crippen molar-refractivity contribution in [2.24, 2.45) is 4.99 Å². The molecule has 2 N–H and O–H groups in total. The number of furan rings is 1. The topological polar surface area (TPSA) is 65.3 Å². The number of nitrogens with one attached hydrogen (secondary N) is 2.